The Morgan fingerprint density at radius 1 is 1.39 bits per heavy atom. The molecule has 1 aromatic heterocycles. The zero-order valence-corrected chi connectivity index (χ0v) is 10.4. The first-order chi connectivity index (χ1) is 8.63. The third kappa shape index (κ3) is 1.41. The van der Waals surface area contributed by atoms with Gasteiger partial charge < -0.3 is 24.9 Å². The Hall–Kier alpha value is -1.72. The van der Waals surface area contributed by atoms with Crippen molar-refractivity contribution in [2.75, 3.05) is 13.3 Å². The maximum Gasteiger partial charge on any atom is 0.231 e. The van der Waals surface area contributed by atoms with E-state index in [1.807, 2.05) is 30.7 Å². The minimum absolute atomic E-state index is 0.203. The average Bonchev–Trinajstić information content (AvgIpc) is 2.91. The summed E-state index contributed by atoms with van der Waals surface area (Å²) in [4.78, 5) is 0. The predicted molar refractivity (Wildman–Crippen MR) is 67.8 cm³/mol. The zero-order chi connectivity index (χ0) is 12.9. The van der Waals surface area contributed by atoms with Crippen LogP contribution in [0.2, 0.25) is 0 Å². The van der Waals surface area contributed by atoms with Crippen molar-refractivity contribution in [2.45, 2.75) is 13.0 Å². The summed E-state index contributed by atoms with van der Waals surface area (Å²) in [7, 11) is 1.96. The third-order valence-corrected chi connectivity index (χ3v) is 3.59. The lowest BCUT2D eigenvalue weighted by Crippen LogP contribution is -2.12. The highest BCUT2D eigenvalue weighted by atomic mass is 16.7. The Morgan fingerprint density at radius 3 is 2.72 bits per heavy atom. The van der Waals surface area contributed by atoms with Gasteiger partial charge in [0.05, 0.1) is 11.6 Å². The number of hydrogen-bond donors (Lipinski definition) is 2. The third-order valence-electron chi connectivity index (χ3n) is 3.59. The van der Waals surface area contributed by atoms with Crippen molar-refractivity contribution in [3.63, 3.8) is 0 Å². The Kier molecular flexibility index (Phi) is 2.46. The number of ether oxygens (including phenoxy) is 2. The lowest BCUT2D eigenvalue weighted by Gasteiger charge is -2.08. The molecular formula is C13H16N2O3. The van der Waals surface area contributed by atoms with Gasteiger partial charge in [0, 0.05) is 36.3 Å². The maximum absolute atomic E-state index is 10.1. The number of hydrogen-bond acceptors (Lipinski definition) is 4. The van der Waals surface area contributed by atoms with Crippen LogP contribution in [0.4, 0.5) is 0 Å². The molecule has 5 nitrogen and oxygen atoms in total. The molecule has 2 aromatic rings. The van der Waals surface area contributed by atoms with E-state index in [4.69, 9.17) is 15.2 Å². The number of aliphatic hydroxyl groups excluding tert-OH is 1. The summed E-state index contributed by atoms with van der Waals surface area (Å²) in [5, 5.41) is 11.0. The van der Waals surface area contributed by atoms with Crippen LogP contribution in [0.5, 0.6) is 11.5 Å². The van der Waals surface area contributed by atoms with Crippen LogP contribution < -0.4 is 15.2 Å². The van der Waals surface area contributed by atoms with Gasteiger partial charge in [-0.25, -0.2) is 0 Å². The molecule has 2 heterocycles. The van der Waals surface area contributed by atoms with Crippen molar-refractivity contribution in [3.05, 3.63) is 23.4 Å². The molecule has 18 heavy (non-hydrogen) atoms. The fourth-order valence-electron chi connectivity index (χ4n) is 2.52. The van der Waals surface area contributed by atoms with Crippen LogP contribution in [-0.2, 0) is 7.05 Å². The van der Waals surface area contributed by atoms with E-state index in [9.17, 15) is 5.11 Å². The number of fused-ring (bicyclic) bond motifs is 2. The minimum Gasteiger partial charge on any atom is -0.454 e. The highest BCUT2D eigenvalue weighted by Crippen LogP contribution is 2.40. The molecular weight excluding hydrogens is 232 g/mol. The first kappa shape index (κ1) is 11.4. The number of aliphatic hydroxyl groups is 1. The Morgan fingerprint density at radius 2 is 2.06 bits per heavy atom. The van der Waals surface area contributed by atoms with E-state index in [1.165, 1.54) is 0 Å². The summed E-state index contributed by atoms with van der Waals surface area (Å²) in [5.74, 6) is 1.47. The molecule has 3 N–H and O–H groups in total. The maximum atomic E-state index is 10.1. The van der Waals surface area contributed by atoms with Gasteiger partial charge in [0.15, 0.2) is 11.5 Å². The number of benzene rings is 1. The summed E-state index contributed by atoms with van der Waals surface area (Å²) in [5.41, 5.74) is 8.46. The van der Waals surface area contributed by atoms with E-state index in [-0.39, 0.29) is 13.3 Å². The van der Waals surface area contributed by atoms with Crippen LogP contribution in [0.1, 0.15) is 17.4 Å². The zero-order valence-electron chi connectivity index (χ0n) is 10.4. The van der Waals surface area contributed by atoms with Gasteiger partial charge in [-0.2, -0.15) is 0 Å². The van der Waals surface area contributed by atoms with Crippen molar-refractivity contribution in [2.24, 2.45) is 12.8 Å². The van der Waals surface area contributed by atoms with Crippen molar-refractivity contribution in [1.29, 1.82) is 0 Å². The number of aryl methyl sites for hydroxylation is 1. The van der Waals surface area contributed by atoms with Crippen molar-refractivity contribution in [3.8, 4) is 11.5 Å². The van der Waals surface area contributed by atoms with Gasteiger partial charge in [0.1, 0.15) is 0 Å². The van der Waals surface area contributed by atoms with Gasteiger partial charge in [-0.05, 0) is 13.0 Å². The molecule has 0 aliphatic carbocycles. The molecule has 0 spiro atoms. The monoisotopic (exact) mass is 248 g/mol. The van der Waals surface area contributed by atoms with Gasteiger partial charge >= 0.3 is 0 Å². The molecule has 0 bridgehead atoms. The molecule has 1 aliphatic rings. The fourth-order valence-corrected chi connectivity index (χ4v) is 2.52. The quantitative estimate of drug-likeness (QED) is 0.838. The highest BCUT2D eigenvalue weighted by Gasteiger charge is 2.22. The molecule has 5 heteroatoms. The summed E-state index contributed by atoms with van der Waals surface area (Å²) < 4.78 is 12.8. The van der Waals surface area contributed by atoms with E-state index >= 15 is 0 Å². The van der Waals surface area contributed by atoms with Crippen molar-refractivity contribution < 1.29 is 14.6 Å². The summed E-state index contributed by atoms with van der Waals surface area (Å²) in [6.45, 7) is 2.43. The van der Waals surface area contributed by atoms with E-state index < -0.39 is 6.10 Å². The number of nitrogens with two attached hydrogens (primary N) is 1. The lowest BCUT2D eigenvalue weighted by molar-refractivity contribution is 0.174. The summed E-state index contributed by atoms with van der Waals surface area (Å²) >= 11 is 0. The molecule has 1 aliphatic heterocycles. The Labute approximate surface area is 105 Å². The molecule has 0 fully saturated rings. The Balaban J connectivity index is 2.32. The summed E-state index contributed by atoms with van der Waals surface area (Å²) in [6, 6.07) is 3.86. The van der Waals surface area contributed by atoms with E-state index in [0.29, 0.717) is 0 Å². The molecule has 0 saturated heterocycles. The molecule has 96 valence electrons. The molecule has 0 radical (unpaired) electrons. The van der Waals surface area contributed by atoms with Crippen LogP contribution in [-0.4, -0.2) is 23.0 Å². The van der Waals surface area contributed by atoms with Gasteiger partial charge in [0.25, 0.3) is 0 Å². The Bertz CT molecular complexity index is 618. The fraction of sp³-hybridized carbons (Fsp3) is 0.385. The molecule has 1 aromatic carbocycles. The van der Waals surface area contributed by atoms with Gasteiger partial charge in [0.2, 0.25) is 6.79 Å². The standard InChI is InChI=1S/C13H16N2O3/c1-7-13(10(16)5-14)8-3-11-12(18-6-17-11)4-9(8)15(7)2/h3-4,10,16H,5-6,14H2,1-2H3. The first-order valence-electron chi connectivity index (χ1n) is 5.90. The van der Waals surface area contributed by atoms with Crippen LogP contribution in [0.25, 0.3) is 10.9 Å². The first-order valence-corrected chi connectivity index (χ1v) is 5.90. The second kappa shape index (κ2) is 3.90. The van der Waals surface area contributed by atoms with Gasteiger partial charge in [-0.3, -0.25) is 0 Å². The van der Waals surface area contributed by atoms with Crippen LogP contribution >= 0.6 is 0 Å². The summed E-state index contributed by atoms with van der Waals surface area (Å²) in [6.07, 6.45) is -0.658. The molecule has 3 rings (SSSR count). The van der Waals surface area contributed by atoms with E-state index in [2.05, 4.69) is 0 Å². The van der Waals surface area contributed by atoms with Crippen molar-refractivity contribution >= 4 is 10.9 Å². The lowest BCUT2D eigenvalue weighted by atomic mass is 10.1. The molecule has 0 amide bonds. The molecule has 1 unspecified atom stereocenters. The molecule has 0 saturated carbocycles. The van der Waals surface area contributed by atoms with Crippen LogP contribution in [0, 0.1) is 6.92 Å². The number of nitrogens with zero attached hydrogens (tertiary/aromatic N) is 1. The predicted octanol–water partition coefficient (Wildman–Crippen LogP) is 1.21. The normalized spacial score (nSPS) is 15.3. The molecule has 1 atom stereocenters. The van der Waals surface area contributed by atoms with Crippen molar-refractivity contribution in [1.82, 2.24) is 4.57 Å². The smallest absolute Gasteiger partial charge is 0.231 e. The highest BCUT2D eigenvalue weighted by molar-refractivity contribution is 5.89. The van der Waals surface area contributed by atoms with E-state index in [0.717, 1.165) is 33.7 Å². The largest absolute Gasteiger partial charge is 0.454 e. The SMILES string of the molecule is Cc1c(C(O)CN)c2cc3c(cc2n1C)OCO3. The minimum atomic E-state index is -0.658. The number of rotatable bonds is 2. The topological polar surface area (TPSA) is 69.6 Å². The number of aromatic nitrogens is 1. The van der Waals surface area contributed by atoms with Gasteiger partial charge in [-0.15, -0.1) is 0 Å². The second-order valence-electron chi connectivity index (χ2n) is 4.53. The average molecular weight is 248 g/mol. The van der Waals surface area contributed by atoms with Crippen LogP contribution in [0.3, 0.4) is 0 Å². The second-order valence-corrected chi connectivity index (χ2v) is 4.53. The van der Waals surface area contributed by atoms with E-state index in [1.54, 1.807) is 0 Å². The van der Waals surface area contributed by atoms with Gasteiger partial charge in [-0.1, -0.05) is 0 Å². The van der Waals surface area contributed by atoms with Crippen LogP contribution in [0.15, 0.2) is 12.1 Å².